The lowest BCUT2D eigenvalue weighted by atomic mass is 10.3. The number of nitrogens with two attached hydrogens (primary N) is 1. The van der Waals surface area contributed by atoms with Crippen LogP contribution in [0.25, 0.3) is 0 Å². The van der Waals surface area contributed by atoms with Gasteiger partial charge in [-0.15, -0.1) is 17.9 Å². The summed E-state index contributed by atoms with van der Waals surface area (Å²) in [5.41, 5.74) is 6.91. The molecule has 1 aromatic heterocycles. The molecule has 0 radical (unpaired) electrons. The molecule has 1 heterocycles. The second-order valence-corrected chi connectivity index (χ2v) is 4.88. The van der Waals surface area contributed by atoms with E-state index in [0.717, 1.165) is 36.8 Å². The summed E-state index contributed by atoms with van der Waals surface area (Å²) in [6, 6.07) is 0.0396. The predicted octanol–water partition coefficient (Wildman–Crippen LogP) is 2.56. The maximum Gasteiger partial charge on any atom is 0.109 e. The fraction of sp³-hybridized carbons (Fsp3) is 0.583. The Morgan fingerprint density at radius 3 is 2.94 bits per heavy atom. The fourth-order valence-electron chi connectivity index (χ4n) is 1.57. The van der Waals surface area contributed by atoms with Gasteiger partial charge >= 0.3 is 0 Å². The minimum atomic E-state index is 0.0396. The van der Waals surface area contributed by atoms with Crippen LogP contribution in [0.5, 0.6) is 0 Å². The quantitative estimate of drug-likeness (QED) is 0.744. The molecule has 3 nitrogen and oxygen atoms in total. The fourth-order valence-corrected chi connectivity index (χ4v) is 2.34. The lowest BCUT2D eigenvalue weighted by Gasteiger charge is -2.18. The highest BCUT2D eigenvalue weighted by Gasteiger charge is 2.09. The van der Waals surface area contributed by atoms with Crippen molar-refractivity contribution in [2.75, 3.05) is 13.1 Å². The molecule has 0 saturated carbocycles. The molecule has 0 aliphatic carbocycles. The van der Waals surface area contributed by atoms with Crippen LogP contribution in [0.1, 0.15) is 37.0 Å². The Labute approximate surface area is 102 Å². The van der Waals surface area contributed by atoms with Gasteiger partial charge in [0.05, 0.1) is 11.7 Å². The highest BCUT2D eigenvalue weighted by molar-refractivity contribution is 7.09. The van der Waals surface area contributed by atoms with Crippen LogP contribution in [0.15, 0.2) is 18.0 Å². The highest BCUT2D eigenvalue weighted by Crippen LogP contribution is 2.17. The zero-order valence-corrected chi connectivity index (χ0v) is 11.0. The molecule has 0 aromatic carbocycles. The van der Waals surface area contributed by atoms with Crippen molar-refractivity contribution in [1.82, 2.24) is 9.88 Å². The van der Waals surface area contributed by atoms with Crippen molar-refractivity contribution in [2.24, 2.45) is 5.73 Å². The number of aromatic nitrogens is 1. The van der Waals surface area contributed by atoms with Crippen LogP contribution in [0, 0.1) is 0 Å². The summed E-state index contributed by atoms with van der Waals surface area (Å²) >= 11 is 1.65. The summed E-state index contributed by atoms with van der Waals surface area (Å²) < 4.78 is 0. The smallest absolute Gasteiger partial charge is 0.109 e. The van der Waals surface area contributed by atoms with Gasteiger partial charge in [-0.2, -0.15) is 0 Å². The molecule has 1 aromatic rings. The van der Waals surface area contributed by atoms with E-state index in [1.54, 1.807) is 11.3 Å². The molecule has 0 bridgehead atoms. The van der Waals surface area contributed by atoms with Gasteiger partial charge < -0.3 is 5.73 Å². The normalized spacial score (nSPS) is 13.0. The summed E-state index contributed by atoms with van der Waals surface area (Å²) in [4.78, 5) is 6.87. The monoisotopic (exact) mass is 239 g/mol. The predicted molar refractivity (Wildman–Crippen MR) is 70.5 cm³/mol. The van der Waals surface area contributed by atoms with Gasteiger partial charge in [-0.3, -0.25) is 4.90 Å². The molecule has 4 heteroatoms. The summed E-state index contributed by atoms with van der Waals surface area (Å²) in [6.07, 6.45) is 3.09. The van der Waals surface area contributed by atoms with Crippen LogP contribution in [0.3, 0.4) is 0 Å². The molecular formula is C12H21N3S. The maximum absolute atomic E-state index is 5.79. The average molecular weight is 239 g/mol. The lowest BCUT2D eigenvalue weighted by molar-refractivity contribution is 0.292. The van der Waals surface area contributed by atoms with E-state index in [1.165, 1.54) is 0 Å². The Bertz CT molecular complexity index is 320. The van der Waals surface area contributed by atoms with E-state index in [0.29, 0.717) is 0 Å². The first-order chi connectivity index (χ1) is 7.67. The highest BCUT2D eigenvalue weighted by atomic mass is 32.1. The summed E-state index contributed by atoms with van der Waals surface area (Å²) in [6.45, 7) is 10.8. The van der Waals surface area contributed by atoms with Crippen molar-refractivity contribution in [3.05, 3.63) is 28.7 Å². The van der Waals surface area contributed by atoms with Gasteiger partial charge in [0.15, 0.2) is 0 Å². The van der Waals surface area contributed by atoms with Crippen LogP contribution in [0.4, 0.5) is 0 Å². The standard InChI is InChI=1S/C12H21N3S/c1-4-6-15(7-5-2)8-11-9-16-12(14-11)10(3)13/h4,9-10H,1,5-8,13H2,2-3H3. The molecule has 16 heavy (non-hydrogen) atoms. The van der Waals surface area contributed by atoms with E-state index in [1.807, 2.05) is 13.0 Å². The molecule has 2 N–H and O–H groups in total. The van der Waals surface area contributed by atoms with E-state index < -0.39 is 0 Å². The molecular weight excluding hydrogens is 218 g/mol. The van der Waals surface area contributed by atoms with Crippen LogP contribution in [0.2, 0.25) is 0 Å². The average Bonchev–Trinajstić information content (AvgIpc) is 2.67. The van der Waals surface area contributed by atoms with E-state index in [9.17, 15) is 0 Å². The molecule has 0 fully saturated rings. The first kappa shape index (κ1) is 13.4. The third-order valence-corrected chi connectivity index (χ3v) is 3.37. The van der Waals surface area contributed by atoms with E-state index in [2.05, 4.69) is 28.8 Å². The largest absolute Gasteiger partial charge is 0.322 e. The maximum atomic E-state index is 5.79. The van der Waals surface area contributed by atoms with Gasteiger partial charge in [0.25, 0.3) is 0 Å². The summed E-state index contributed by atoms with van der Waals surface area (Å²) in [7, 11) is 0. The van der Waals surface area contributed by atoms with Crippen molar-refractivity contribution in [2.45, 2.75) is 32.9 Å². The molecule has 0 aliphatic heterocycles. The number of thiazole rings is 1. The van der Waals surface area contributed by atoms with E-state index in [-0.39, 0.29) is 6.04 Å². The van der Waals surface area contributed by atoms with Crippen LogP contribution in [-0.2, 0) is 6.54 Å². The molecule has 0 amide bonds. The van der Waals surface area contributed by atoms with Crippen molar-refractivity contribution in [3.8, 4) is 0 Å². The third-order valence-electron chi connectivity index (χ3n) is 2.27. The minimum absolute atomic E-state index is 0.0396. The molecule has 90 valence electrons. The Balaban J connectivity index is 2.58. The molecule has 1 rings (SSSR count). The van der Waals surface area contributed by atoms with Gasteiger partial charge in [-0.1, -0.05) is 13.0 Å². The topological polar surface area (TPSA) is 42.1 Å². The number of rotatable bonds is 7. The first-order valence-electron chi connectivity index (χ1n) is 5.70. The SMILES string of the molecule is C=CCN(CCC)Cc1csc(C(C)N)n1. The van der Waals surface area contributed by atoms with Crippen molar-refractivity contribution >= 4 is 11.3 Å². The van der Waals surface area contributed by atoms with Crippen molar-refractivity contribution in [3.63, 3.8) is 0 Å². The van der Waals surface area contributed by atoms with Crippen molar-refractivity contribution in [1.29, 1.82) is 0 Å². The second-order valence-electron chi connectivity index (χ2n) is 3.99. The van der Waals surface area contributed by atoms with Gasteiger partial charge in [0.2, 0.25) is 0 Å². The Hall–Kier alpha value is -0.710. The van der Waals surface area contributed by atoms with Gasteiger partial charge in [0.1, 0.15) is 5.01 Å². The third kappa shape index (κ3) is 4.04. The zero-order valence-electron chi connectivity index (χ0n) is 10.1. The number of hydrogen-bond acceptors (Lipinski definition) is 4. The molecule has 0 aliphatic rings. The molecule has 1 atom stereocenters. The first-order valence-corrected chi connectivity index (χ1v) is 6.58. The minimum Gasteiger partial charge on any atom is -0.322 e. The van der Waals surface area contributed by atoms with E-state index >= 15 is 0 Å². The van der Waals surface area contributed by atoms with Gasteiger partial charge in [0, 0.05) is 18.5 Å². The Kier molecular flexibility index (Phi) is 5.66. The van der Waals surface area contributed by atoms with E-state index in [4.69, 9.17) is 5.73 Å². The van der Waals surface area contributed by atoms with Gasteiger partial charge in [-0.25, -0.2) is 4.98 Å². The Morgan fingerprint density at radius 2 is 2.44 bits per heavy atom. The zero-order chi connectivity index (χ0) is 12.0. The second kappa shape index (κ2) is 6.78. The Morgan fingerprint density at radius 1 is 1.69 bits per heavy atom. The molecule has 0 spiro atoms. The van der Waals surface area contributed by atoms with Crippen LogP contribution in [-0.4, -0.2) is 23.0 Å². The van der Waals surface area contributed by atoms with Gasteiger partial charge in [-0.05, 0) is 19.9 Å². The number of nitrogens with zero attached hydrogens (tertiary/aromatic N) is 2. The molecule has 1 unspecified atom stereocenters. The number of hydrogen-bond donors (Lipinski definition) is 1. The van der Waals surface area contributed by atoms with Crippen molar-refractivity contribution < 1.29 is 0 Å². The van der Waals surface area contributed by atoms with Crippen LogP contribution >= 0.6 is 11.3 Å². The summed E-state index contributed by atoms with van der Waals surface area (Å²) in [5.74, 6) is 0. The lowest BCUT2D eigenvalue weighted by Crippen LogP contribution is -2.24. The van der Waals surface area contributed by atoms with Crippen LogP contribution < -0.4 is 5.73 Å². The molecule has 0 saturated heterocycles. The summed E-state index contributed by atoms with van der Waals surface area (Å²) in [5, 5.41) is 3.12.